The van der Waals surface area contributed by atoms with Crippen molar-refractivity contribution in [2.24, 2.45) is 0 Å². The third-order valence-corrected chi connectivity index (χ3v) is 0.499. The second-order valence-corrected chi connectivity index (χ2v) is 1.00. The standard InChI is InChI=1S/C4H6FN/c1-2-4(5)3-6/h4H,2H2,1H3. The van der Waals surface area contributed by atoms with E-state index in [1.807, 2.05) is 0 Å². The highest BCUT2D eigenvalue weighted by molar-refractivity contribution is 4.80. The molecule has 0 saturated carbocycles. The van der Waals surface area contributed by atoms with Gasteiger partial charge in [-0.25, -0.2) is 4.39 Å². The average Bonchev–Trinajstić information content (AvgIpc) is 1.65. The minimum absolute atomic E-state index is 0.302. The first kappa shape index (κ1) is 5.42. The van der Waals surface area contributed by atoms with E-state index in [1.165, 1.54) is 6.07 Å². The molecule has 2 heteroatoms. The van der Waals surface area contributed by atoms with E-state index in [0.717, 1.165) is 0 Å². The molecule has 0 N–H and O–H groups in total. The Labute approximate surface area is 36.4 Å². The Morgan fingerprint density at radius 1 is 2.00 bits per heavy atom. The van der Waals surface area contributed by atoms with Crippen LogP contribution in [-0.2, 0) is 0 Å². The molecule has 0 heterocycles. The zero-order valence-electron chi connectivity index (χ0n) is 3.61. The van der Waals surface area contributed by atoms with Crippen molar-refractivity contribution in [3.05, 3.63) is 0 Å². The van der Waals surface area contributed by atoms with Crippen LogP contribution in [0.4, 0.5) is 4.39 Å². The highest BCUT2D eigenvalue weighted by Crippen LogP contribution is 1.90. The fraction of sp³-hybridized carbons (Fsp3) is 0.750. The van der Waals surface area contributed by atoms with Crippen molar-refractivity contribution in [1.82, 2.24) is 0 Å². The summed E-state index contributed by atoms with van der Waals surface area (Å²) in [7, 11) is 0. The van der Waals surface area contributed by atoms with E-state index in [0.29, 0.717) is 6.42 Å². The highest BCUT2D eigenvalue weighted by atomic mass is 19.1. The maximum atomic E-state index is 11.5. The normalized spacial score (nSPS) is 12.8. The van der Waals surface area contributed by atoms with Gasteiger partial charge in [0, 0.05) is 0 Å². The van der Waals surface area contributed by atoms with Gasteiger partial charge in [0.25, 0.3) is 0 Å². The summed E-state index contributed by atoms with van der Waals surface area (Å²) in [5.41, 5.74) is 0. The molecule has 1 unspecified atom stereocenters. The van der Waals surface area contributed by atoms with E-state index in [2.05, 4.69) is 0 Å². The third-order valence-electron chi connectivity index (χ3n) is 0.499. The molecule has 0 bridgehead atoms. The van der Waals surface area contributed by atoms with Crippen molar-refractivity contribution in [1.29, 1.82) is 5.26 Å². The Morgan fingerprint density at radius 3 is 2.50 bits per heavy atom. The van der Waals surface area contributed by atoms with E-state index in [9.17, 15) is 4.39 Å². The topological polar surface area (TPSA) is 23.8 Å². The number of alkyl halides is 1. The summed E-state index contributed by atoms with van der Waals surface area (Å²) in [6.07, 6.45) is -0.957. The van der Waals surface area contributed by atoms with E-state index in [-0.39, 0.29) is 0 Å². The van der Waals surface area contributed by atoms with Crippen molar-refractivity contribution in [2.45, 2.75) is 19.5 Å². The van der Waals surface area contributed by atoms with Crippen LogP contribution in [0.5, 0.6) is 0 Å². The lowest BCUT2D eigenvalue weighted by molar-refractivity contribution is 0.399. The van der Waals surface area contributed by atoms with Crippen molar-refractivity contribution < 1.29 is 4.39 Å². The van der Waals surface area contributed by atoms with E-state index in [1.54, 1.807) is 6.92 Å². The molecule has 0 aromatic carbocycles. The SMILES string of the molecule is CCC(F)C#N. The predicted molar refractivity (Wildman–Crippen MR) is 20.8 cm³/mol. The van der Waals surface area contributed by atoms with Gasteiger partial charge in [0.2, 0.25) is 0 Å². The molecular weight excluding hydrogens is 81.0 g/mol. The lowest BCUT2D eigenvalue weighted by atomic mass is 10.3. The molecule has 0 fully saturated rings. The van der Waals surface area contributed by atoms with Gasteiger partial charge in [-0.3, -0.25) is 0 Å². The quantitative estimate of drug-likeness (QED) is 0.472. The summed E-state index contributed by atoms with van der Waals surface area (Å²) < 4.78 is 11.5. The summed E-state index contributed by atoms with van der Waals surface area (Å²) >= 11 is 0. The van der Waals surface area contributed by atoms with Crippen LogP contribution in [0, 0.1) is 11.3 Å². The minimum atomic E-state index is -1.26. The molecule has 0 radical (unpaired) electrons. The lowest BCUT2D eigenvalue weighted by Crippen LogP contribution is -1.88. The Morgan fingerprint density at radius 2 is 2.50 bits per heavy atom. The number of halogens is 1. The molecule has 0 aromatic rings. The first-order valence-electron chi connectivity index (χ1n) is 1.85. The Balaban J connectivity index is 3.04. The Hall–Kier alpha value is -0.580. The second-order valence-electron chi connectivity index (χ2n) is 1.00. The molecule has 0 amide bonds. The fourth-order valence-electron chi connectivity index (χ4n) is 0.0913. The summed E-state index contributed by atoms with van der Waals surface area (Å²) in [6.45, 7) is 1.63. The van der Waals surface area contributed by atoms with E-state index >= 15 is 0 Å². The largest absolute Gasteiger partial charge is 0.231 e. The summed E-state index contributed by atoms with van der Waals surface area (Å²) in [5.74, 6) is 0. The van der Waals surface area contributed by atoms with Gasteiger partial charge in [0.05, 0.1) is 6.07 Å². The average molecular weight is 87.1 g/mol. The first-order chi connectivity index (χ1) is 2.81. The van der Waals surface area contributed by atoms with Gasteiger partial charge in [0.15, 0.2) is 6.17 Å². The zero-order chi connectivity index (χ0) is 4.99. The van der Waals surface area contributed by atoms with Gasteiger partial charge in [-0.1, -0.05) is 6.92 Å². The van der Waals surface area contributed by atoms with E-state index in [4.69, 9.17) is 5.26 Å². The van der Waals surface area contributed by atoms with Gasteiger partial charge >= 0.3 is 0 Å². The predicted octanol–water partition coefficient (Wildman–Crippen LogP) is 1.26. The molecule has 0 aliphatic rings. The lowest BCUT2D eigenvalue weighted by Gasteiger charge is -1.82. The van der Waals surface area contributed by atoms with Crippen LogP contribution < -0.4 is 0 Å². The maximum Gasteiger partial charge on any atom is 0.186 e. The van der Waals surface area contributed by atoms with Crippen LogP contribution in [0.15, 0.2) is 0 Å². The number of rotatable bonds is 1. The van der Waals surface area contributed by atoms with Crippen LogP contribution in [0.1, 0.15) is 13.3 Å². The number of hydrogen-bond acceptors (Lipinski definition) is 1. The van der Waals surface area contributed by atoms with E-state index < -0.39 is 6.17 Å². The van der Waals surface area contributed by atoms with Crippen molar-refractivity contribution in [3.8, 4) is 6.07 Å². The van der Waals surface area contributed by atoms with Crippen LogP contribution in [0.3, 0.4) is 0 Å². The second kappa shape index (κ2) is 2.65. The molecule has 0 rings (SSSR count). The molecule has 0 aliphatic heterocycles. The number of nitriles is 1. The van der Waals surface area contributed by atoms with Crippen LogP contribution in [-0.4, -0.2) is 6.17 Å². The Kier molecular flexibility index (Phi) is 2.39. The van der Waals surface area contributed by atoms with Gasteiger partial charge < -0.3 is 0 Å². The molecule has 0 aromatic heterocycles. The molecule has 1 nitrogen and oxygen atoms in total. The van der Waals surface area contributed by atoms with Crippen molar-refractivity contribution >= 4 is 0 Å². The van der Waals surface area contributed by atoms with Gasteiger partial charge in [-0.2, -0.15) is 5.26 Å². The first-order valence-corrected chi connectivity index (χ1v) is 1.85. The highest BCUT2D eigenvalue weighted by Gasteiger charge is 1.94. The van der Waals surface area contributed by atoms with Crippen LogP contribution in [0.2, 0.25) is 0 Å². The maximum absolute atomic E-state index is 11.5. The van der Waals surface area contributed by atoms with Crippen molar-refractivity contribution in [2.75, 3.05) is 0 Å². The molecule has 0 saturated heterocycles. The van der Waals surface area contributed by atoms with Gasteiger partial charge in [-0.05, 0) is 6.42 Å². The van der Waals surface area contributed by atoms with Crippen LogP contribution in [0.25, 0.3) is 0 Å². The number of hydrogen-bond donors (Lipinski definition) is 0. The van der Waals surface area contributed by atoms with Crippen LogP contribution >= 0.6 is 0 Å². The molecular formula is C4H6FN. The molecule has 0 aliphatic carbocycles. The molecule has 6 heavy (non-hydrogen) atoms. The fourth-order valence-corrected chi connectivity index (χ4v) is 0.0913. The van der Waals surface area contributed by atoms with Crippen molar-refractivity contribution in [3.63, 3.8) is 0 Å². The molecule has 1 atom stereocenters. The molecule has 0 spiro atoms. The Bertz CT molecular complexity index is 64.4. The van der Waals surface area contributed by atoms with Gasteiger partial charge in [-0.15, -0.1) is 0 Å². The van der Waals surface area contributed by atoms with Gasteiger partial charge in [0.1, 0.15) is 0 Å². The summed E-state index contributed by atoms with van der Waals surface area (Å²) in [4.78, 5) is 0. The minimum Gasteiger partial charge on any atom is -0.231 e. The third kappa shape index (κ3) is 1.71. The monoisotopic (exact) mass is 87.0 g/mol. The summed E-state index contributed by atoms with van der Waals surface area (Å²) in [6, 6.07) is 1.45. The zero-order valence-corrected chi connectivity index (χ0v) is 3.61. The number of nitrogens with zero attached hydrogens (tertiary/aromatic N) is 1. The molecule has 34 valence electrons. The summed E-state index contributed by atoms with van der Waals surface area (Å²) in [5, 5.41) is 7.71. The smallest absolute Gasteiger partial charge is 0.186 e.